The minimum atomic E-state index is -0.461. The van der Waals surface area contributed by atoms with Gasteiger partial charge in [0, 0.05) is 30.4 Å². The third-order valence-corrected chi connectivity index (χ3v) is 4.97. The number of aromatic nitrogens is 2. The Morgan fingerprint density at radius 1 is 1.36 bits per heavy atom. The van der Waals surface area contributed by atoms with E-state index in [1.54, 1.807) is 11.8 Å². The number of nitrogens with zero attached hydrogens (tertiary/aromatic N) is 2. The third-order valence-electron chi connectivity index (χ3n) is 4.33. The molecule has 3 N–H and O–H groups in total. The van der Waals surface area contributed by atoms with Crippen molar-refractivity contribution in [1.82, 2.24) is 9.55 Å². The van der Waals surface area contributed by atoms with Crippen molar-refractivity contribution in [3.05, 3.63) is 36.3 Å². The fourth-order valence-corrected chi connectivity index (χ4v) is 3.38. The van der Waals surface area contributed by atoms with E-state index in [4.69, 9.17) is 10.7 Å². The molecule has 1 aromatic carbocycles. The van der Waals surface area contributed by atoms with Crippen molar-refractivity contribution in [1.29, 1.82) is 0 Å². The molecule has 0 radical (unpaired) electrons. The maximum absolute atomic E-state index is 12.0. The first-order valence-electron chi connectivity index (χ1n) is 8.39. The molecule has 2 aromatic rings. The lowest BCUT2D eigenvalue weighted by molar-refractivity contribution is -0.117. The van der Waals surface area contributed by atoms with Crippen LogP contribution < -0.4 is 11.1 Å². The third kappa shape index (κ3) is 5.00. The van der Waals surface area contributed by atoms with Gasteiger partial charge in [-0.3, -0.25) is 4.79 Å². The zero-order chi connectivity index (χ0) is 16.9. The summed E-state index contributed by atoms with van der Waals surface area (Å²) in [7, 11) is 0. The highest BCUT2D eigenvalue weighted by molar-refractivity contribution is 7.98. The summed E-state index contributed by atoms with van der Waals surface area (Å²) in [6.45, 7) is 1.06. The maximum Gasteiger partial charge on any atom is 0.241 e. The Morgan fingerprint density at radius 2 is 2.12 bits per heavy atom. The SMILES string of the molecule is CSCC[C@H](N)C(=O)Nc1ccc(-c2cn3c(n2)CCCC3)cc1.Cl. The van der Waals surface area contributed by atoms with Crippen LogP contribution in [0.2, 0.25) is 0 Å². The first-order chi connectivity index (χ1) is 11.7. The Kier molecular flexibility index (Phi) is 7.35. The van der Waals surface area contributed by atoms with Crippen LogP contribution in [0.25, 0.3) is 11.3 Å². The van der Waals surface area contributed by atoms with Crippen molar-refractivity contribution in [3.8, 4) is 11.3 Å². The molecule has 5 nitrogen and oxygen atoms in total. The van der Waals surface area contributed by atoms with E-state index in [-0.39, 0.29) is 18.3 Å². The zero-order valence-electron chi connectivity index (χ0n) is 14.4. The molecular formula is C18H25ClN4OS. The molecule has 0 spiro atoms. The van der Waals surface area contributed by atoms with E-state index >= 15 is 0 Å². The van der Waals surface area contributed by atoms with Crippen LogP contribution in [-0.2, 0) is 17.8 Å². The van der Waals surface area contributed by atoms with Gasteiger partial charge in [0.2, 0.25) is 5.91 Å². The Labute approximate surface area is 159 Å². The largest absolute Gasteiger partial charge is 0.334 e. The molecule has 2 heterocycles. The smallest absolute Gasteiger partial charge is 0.241 e. The van der Waals surface area contributed by atoms with Gasteiger partial charge in [0.05, 0.1) is 11.7 Å². The van der Waals surface area contributed by atoms with Crippen molar-refractivity contribution in [2.45, 2.75) is 38.3 Å². The maximum atomic E-state index is 12.0. The number of rotatable bonds is 6. The molecule has 0 fully saturated rings. The molecule has 7 heteroatoms. The molecule has 0 saturated carbocycles. The summed E-state index contributed by atoms with van der Waals surface area (Å²) in [5, 5.41) is 2.88. The second-order valence-corrected chi connectivity index (χ2v) is 7.13. The number of benzene rings is 1. The second kappa shape index (κ2) is 9.27. The number of amides is 1. The van der Waals surface area contributed by atoms with E-state index in [0.29, 0.717) is 6.42 Å². The van der Waals surface area contributed by atoms with Crippen LogP contribution in [0.5, 0.6) is 0 Å². The predicted octanol–water partition coefficient (Wildman–Crippen LogP) is 3.33. The number of thioether (sulfide) groups is 1. The second-order valence-electron chi connectivity index (χ2n) is 6.15. The summed E-state index contributed by atoms with van der Waals surface area (Å²) in [6.07, 6.45) is 8.33. The van der Waals surface area contributed by atoms with Gasteiger partial charge in [-0.25, -0.2) is 4.98 Å². The van der Waals surface area contributed by atoms with Gasteiger partial charge < -0.3 is 15.6 Å². The van der Waals surface area contributed by atoms with E-state index in [0.717, 1.165) is 35.7 Å². The lowest BCUT2D eigenvalue weighted by atomic mass is 10.1. The van der Waals surface area contributed by atoms with Crippen molar-refractivity contribution < 1.29 is 4.79 Å². The monoisotopic (exact) mass is 380 g/mol. The van der Waals surface area contributed by atoms with E-state index in [9.17, 15) is 4.79 Å². The summed E-state index contributed by atoms with van der Waals surface area (Å²) >= 11 is 1.70. The molecule has 25 heavy (non-hydrogen) atoms. The van der Waals surface area contributed by atoms with Gasteiger partial charge in [0.15, 0.2) is 0 Å². The predicted molar refractivity (Wildman–Crippen MR) is 107 cm³/mol. The number of halogens is 1. The molecule has 0 saturated heterocycles. The molecule has 136 valence electrons. The van der Waals surface area contributed by atoms with Gasteiger partial charge in [0.25, 0.3) is 0 Å². The van der Waals surface area contributed by atoms with Gasteiger partial charge in [-0.05, 0) is 43.4 Å². The number of nitrogens with two attached hydrogens (primary N) is 1. The number of fused-ring (bicyclic) bond motifs is 1. The topological polar surface area (TPSA) is 72.9 Å². The number of carbonyl (C=O) groups excluding carboxylic acids is 1. The summed E-state index contributed by atoms with van der Waals surface area (Å²) in [5.41, 5.74) is 8.73. The first-order valence-corrected chi connectivity index (χ1v) is 9.78. The molecule has 0 aliphatic carbocycles. The average molecular weight is 381 g/mol. The highest BCUT2D eigenvalue weighted by atomic mass is 35.5. The van der Waals surface area contributed by atoms with Crippen molar-refractivity contribution in [2.24, 2.45) is 5.73 Å². The lowest BCUT2D eigenvalue weighted by Crippen LogP contribution is -2.36. The molecular weight excluding hydrogens is 356 g/mol. The fraction of sp³-hybridized carbons (Fsp3) is 0.444. The first kappa shape index (κ1) is 19.8. The number of hydrogen-bond acceptors (Lipinski definition) is 4. The fourth-order valence-electron chi connectivity index (χ4n) is 2.89. The van der Waals surface area contributed by atoms with Crippen molar-refractivity contribution >= 4 is 35.8 Å². The highest BCUT2D eigenvalue weighted by Gasteiger charge is 2.15. The number of hydrogen-bond donors (Lipinski definition) is 2. The molecule has 1 aliphatic heterocycles. The Balaban J connectivity index is 0.00000225. The van der Waals surface area contributed by atoms with Gasteiger partial charge in [0.1, 0.15) is 5.82 Å². The molecule has 1 atom stereocenters. The highest BCUT2D eigenvalue weighted by Crippen LogP contribution is 2.24. The van der Waals surface area contributed by atoms with E-state index in [1.165, 1.54) is 18.7 Å². The Bertz CT molecular complexity index is 678. The summed E-state index contributed by atoms with van der Waals surface area (Å²) in [5.74, 6) is 1.93. The average Bonchev–Trinajstić information content (AvgIpc) is 3.04. The van der Waals surface area contributed by atoms with E-state index in [1.807, 2.05) is 30.5 Å². The summed E-state index contributed by atoms with van der Waals surface area (Å²) in [6, 6.07) is 7.35. The molecule has 1 aliphatic rings. The normalized spacial score (nSPS) is 14.3. The number of imidazole rings is 1. The zero-order valence-corrected chi connectivity index (χ0v) is 16.0. The Morgan fingerprint density at radius 3 is 2.80 bits per heavy atom. The molecule has 0 bridgehead atoms. The van der Waals surface area contributed by atoms with E-state index < -0.39 is 6.04 Å². The van der Waals surface area contributed by atoms with Crippen LogP contribution in [0.4, 0.5) is 5.69 Å². The number of anilines is 1. The van der Waals surface area contributed by atoms with Gasteiger partial charge in [-0.2, -0.15) is 11.8 Å². The standard InChI is InChI=1S/C18H24N4OS.ClH/c1-24-11-9-15(19)18(23)20-14-7-5-13(6-8-14)16-12-22-10-3-2-4-17(22)21-16;/h5-8,12,15H,2-4,9-11,19H2,1H3,(H,20,23);1H/t15-;/m0./s1. The summed E-state index contributed by atoms with van der Waals surface area (Å²) in [4.78, 5) is 16.8. The van der Waals surface area contributed by atoms with Crippen molar-refractivity contribution in [3.63, 3.8) is 0 Å². The minimum absolute atomic E-state index is 0. The molecule has 1 aromatic heterocycles. The van der Waals surface area contributed by atoms with Crippen LogP contribution in [0.3, 0.4) is 0 Å². The lowest BCUT2D eigenvalue weighted by Gasteiger charge is -2.11. The van der Waals surface area contributed by atoms with Crippen LogP contribution in [0, 0.1) is 0 Å². The quantitative estimate of drug-likeness (QED) is 0.806. The minimum Gasteiger partial charge on any atom is -0.334 e. The van der Waals surface area contributed by atoms with Gasteiger partial charge in [-0.15, -0.1) is 12.4 Å². The van der Waals surface area contributed by atoms with Crippen LogP contribution in [0.15, 0.2) is 30.5 Å². The van der Waals surface area contributed by atoms with Crippen molar-refractivity contribution in [2.75, 3.05) is 17.3 Å². The Hall–Kier alpha value is -1.50. The summed E-state index contributed by atoms with van der Waals surface area (Å²) < 4.78 is 2.25. The van der Waals surface area contributed by atoms with Gasteiger partial charge in [-0.1, -0.05) is 12.1 Å². The number of carbonyl (C=O) groups is 1. The van der Waals surface area contributed by atoms with Gasteiger partial charge >= 0.3 is 0 Å². The molecule has 1 amide bonds. The number of nitrogens with one attached hydrogen (secondary N) is 1. The van der Waals surface area contributed by atoms with Crippen LogP contribution >= 0.6 is 24.2 Å². The molecule has 0 unspecified atom stereocenters. The molecule has 3 rings (SSSR count). The van der Waals surface area contributed by atoms with Crippen LogP contribution in [-0.4, -0.2) is 33.5 Å². The van der Waals surface area contributed by atoms with E-state index in [2.05, 4.69) is 16.1 Å². The number of aryl methyl sites for hydroxylation is 2. The van der Waals surface area contributed by atoms with Crippen LogP contribution in [0.1, 0.15) is 25.1 Å².